The molecule has 0 aromatic heterocycles. The van der Waals surface area contributed by atoms with Crippen molar-refractivity contribution in [2.45, 2.75) is 6.42 Å². The van der Waals surface area contributed by atoms with Gasteiger partial charge in [-0.15, -0.1) is 12.4 Å². The number of hydrogen-bond donors (Lipinski definition) is 2. The molecule has 0 aliphatic rings. The summed E-state index contributed by atoms with van der Waals surface area (Å²) in [7, 11) is -1.25. The first-order chi connectivity index (χ1) is 9.40. The highest BCUT2D eigenvalue weighted by atomic mass is 35.5. The maximum atomic E-state index is 11.6. The number of halogens is 1. The van der Waals surface area contributed by atoms with Crippen molar-refractivity contribution in [3.05, 3.63) is 24.3 Å². The van der Waals surface area contributed by atoms with Crippen LogP contribution in [0, 0.1) is 0 Å². The number of hydrogen-bond acceptors (Lipinski definition) is 5. The molecule has 0 atom stereocenters. The molecule has 0 fully saturated rings. The number of ether oxygens (including phenoxy) is 1. The van der Waals surface area contributed by atoms with Crippen molar-refractivity contribution >= 4 is 33.8 Å². The minimum absolute atomic E-state index is 0. The average molecular weight is 337 g/mol. The van der Waals surface area contributed by atoms with Crippen LogP contribution in [0.15, 0.2) is 24.3 Å². The summed E-state index contributed by atoms with van der Waals surface area (Å²) in [6, 6.07) is 6.87. The SMILES string of the molecule is CNCCC(=O)Nc1cccc(OCCS(C)(=O)=O)c1.Cl. The van der Waals surface area contributed by atoms with Crippen LogP contribution in [-0.2, 0) is 14.6 Å². The van der Waals surface area contributed by atoms with E-state index in [0.717, 1.165) is 6.26 Å². The van der Waals surface area contributed by atoms with E-state index in [2.05, 4.69) is 10.6 Å². The third-order valence-electron chi connectivity index (χ3n) is 2.44. The largest absolute Gasteiger partial charge is 0.492 e. The lowest BCUT2D eigenvalue weighted by atomic mass is 10.3. The summed E-state index contributed by atoms with van der Waals surface area (Å²) in [5.74, 6) is 0.402. The van der Waals surface area contributed by atoms with Gasteiger partial charge >= 0.3 is 0 Å². The Balaban J connectivity index is 0.00000400. The quantitative estimate of drug-likeness (QED) is 0.742. The van der Waals surface area contributed by atoms with Crippen molar-refractivity contribution in [2.75, 3.05) is 37.5 Å². The summed E-state index contributed by atoms with van der Waals surface area (Å²) >= 11 is 0. The highest BCUT2D eigenvalue weighted by molar-refractivity contribution is 7.90. The first-order valence-corrected chi connectivity index (χ1v) is 8.32. The van der Waals surface area contributed by atoms with Gasteiger partial charge in [0.1, 0.15) is 12.4 Å². The van der Waals surface area contributed by atoms with Crippen molar-refractivity contribution in [1.29, 1.82) is 0 Å². The third kappa shape index (κ3) is 9.28. The van der Waals surface area contributed by atoms with Crippen molar-refractivity contribution in [1.82, 2.24) is 5.32 Å². The van der Waals surface area contributed by atoms with E-state index in [0.29, 0.717) is 24.4 Å². The smallest absolute Gasteiger partial charge is 0.225 e. The molecule has 6 nitrogen and oxygen atoms in total. The highest BCUT2D eigenvalue weighted by Crippen LogP contribution is 2.17. The molecule has 0 saturated heterocycles. The Morgan fingerprint density at radius 3 is 2.67 bits per heavy atom. The number of anilines is 1. The van der Waals surface area contributed by atoms with Gasteiger partial charge in [-0.1, -0.05) is 6.07 Å². The zero-order valence-corrected chi connectivity index (χ0v) is 13.7. The van der Waals surface area contributed by atoms with Gasteiger partial charge in [-0.25, -0.2) is 8.42 Å². The van der Waals surface area contributed by atoms with Crippen molar-refractivity contribution in [3.8, 4) is 5.75 Å². The summed E-state index contributed by atoms with van der Waals surface area (Å²) < 4.78 is 27.3. The minimum atomic E-state index is -3.04. The zero-order valence-electron chi connectivity index (χ0n) is 12.1. The molecule has 0 unspecified atom stereocenters. The molecule has 8 heteroatoms. The van der Waals surface area contributed by atoms with E-state index in [9.17, 15) is 13.2 Å². The van der Waals surface area contributed by atoms with Gasteiger partial charge < -0.3 is 15.4 Å². The Kier molecular flexibility index (Phi) is 9.00. The second-order valence-corrected chi connectivity index (χ2v) is 6.67. The van der Waals surface area contributed by atoms with Gasteiger partial charge in [0.2, 0.25) is 5.91 Å². The predicted molar refractivity (Wildman–Crippen MR) is 86.1 cm³/mol. The lowest BCUT2D eigenvalue weighted by Crippen LogP contribution is -2.18. The van der Waals surface area contributed by atoms with Crippen LogP contribution >= 0.6 is 12.4 Å². The third-order valence-corrected chi connectivity index (χ3v) is 3.35. The summed E-state index contributed by atoms with van der Waals surface area (Å²) in [6.45, 7) is 0.701. The molecule has 0 heterocycles. The summed E-state index contributed by atoms with van der Waals surface area (Å²) in [6.07, 6.45) is 1.55. The molecule has 1 aromatic rings. The topological polar surface area (TPSA) is 84.5 Å². The van der Waals surface area contributed by atoms with Crippen molar-refractivity contribution in [2.24, 2.45) is 0 Å². The summed E-state index contributed by atoms with van der Waals surface area (Å²) in [4.78, 5) is 11.6. The lowest BCUT2D eigenvalue weighted by molar-refractivity contribution is -0.116. The van der Waals surface area contributed by atoms with Gasteiger partial charge in [0.25, 0.3) is 0 Å². The number of rotatable bonds is 8. The molecule has 2 N–H and O–H groups in total. The lowest BCUT2D eigenvalue weighted by Gasteiger charge is -2.09. The number of sulfone groups is 1. The predicted octanol–water partition coefficient (Wildman–Crippen LogP) is 1.08. The van der Waals surface area contributed by atoms with Crippen LogP contribution in [0.2, 0.25) is 0 Å². The first-order valence-electron chi connectivity index (χ1n) is 6.26. The number of carbonyl (C=O) groups excluding carboxylic acids is 1. The second kappa shape index (κ2) is 9.59. The fourth-order valence-electron chi connectivity index (χ4n) is 1.44. The van der Waals surface area contributed by atoms with Crippen LogP contribution in [-0.4, -0.2) is 46.5 Å². The van der Waals surface area contributed by atoms with Crippen molar-refractivity contribution < 1.29 is 17.9 Å². The van der Waals surface area contributed by atoms with E-state index in [1.807, 2.05) is 0 Å². The molecular formula is C13H21ClN2O4S. The minimum Gasteiger partial charge on any atom is -0.492 e. The van der Waals surface area contributed by atoms with E-state index < -0.39 is 9.84 Å². The van der Waals surface area contributed by atoms with Gasteiger partial charge in [-0.2, -0.15) is 0 Å². The molecule has 0 aliphatic carbocycles. The van der Waals surface area contributed by atoms with Gasteiger partial charge in [-0.05, 0) is 19.2 Å². The fourth-order valence-corrected chi connectivity index (χ4v) is 1.82. The monoisotopic (exact) mass is 336 g/mol. The Labute approximate surface area is 131 Å². The summed E-state index contributed by atoms with van der Waals surface area (Å²) in [5, 5.41) is 5.64. The molecule has 0 spiro atoms. The molecule has 0 saturated carbocycles. The van der Waals surface area contributed by atoms with Gasteiger partial charge in [0.05, 0.1) is 5.75 Å². The Hall–Kier alpha value is -1.31. The van der Waals surface area contributed by atoms with E-state index in [4.69, 9.17) is 4.74 Å². The van der Waals surface area contributed by atoms with Crippen molar-refractivity contribution in [3.63, 3.8) is 0 Å². The standard InChI is InChI=1S/C13H20N2O4S.ClH/c1-14-7-6-13(16)15-11-4-3-5-12(10-11)19-8-9-20(2,17)18;/h3-5,10,14H,6-9H2,1-2H3,(H,15,16);1H. The van der Waals surface area contributed by atoms with Crippen LogP contribution in [0.4, 0.5) is 5.69 Å². The second-order valence-electron chi connectivity index (χ2n) is 4.41. The molecule has 0 bridgehead atoms. The number of benzene rings is 1. The molecule has 1 rings (SSSR count). The maximum absolute atomic E-state index is 11.6. The Morgan fingerprint density at radius 2 is 2.05 bits per heavy atom. The highest BCUT2D eigenvalue weighted by Gasteiger charge is 2.05. The van der Waals surface area contributed by atoms with E-state index >= 15 is 0 Å². The fraction of sp³-hybridized carbons (Fsp3) is 0.462. The van der Waals surface area contributed by atoms with Gasteiger partial charge in [0.15, 0.2) is 9.84 Å². The molecule has 1 amide bonds. The van der Waals surface area contributed by atoms with E-state index in [-0.39, 0.29) is 30.7 Å². The van der Waals surface area contributed by atoms with Gasteiger partial charge in [0, 0.05) is 31.0 Å². The van der Waals surface area contributed by atoms with E-state index in [1.54, 1.807) is 31.3 Å². The Morgan fingerprint density at radius 1 is 1.33 bits per heavy atom. The number of nitrogens with one attached hydrogen (secondary N) is 2. The van der Waals surface area contributed by atoms with Crippen LogP contribution in [0.25, 0.3) is 0 Å². The molecule has 0 radical (unpaired) electrons. The molecule has 1 aromatic carbocycles. The van der Waals surface area contributed by atoms with Crippen LogP contribution in [0.5, 0.6) is 5.75 Å². The van der Waals surface area contributed by atoms with Gasteiger partial charge in [-0.3, -0.25) is 4.79 Å². The number of carbonyl (C=O) groups is 1. The van der Waals surface area contributed by atoms with E-state index in [1.165, 1.54) is 0 Å². The number of amides is 1. The average Bonchev–Trinajstić information content (AvgIpc) is 2.35. The van der Waals surface area contributed by atoms with Crippen LogP contribution in [0.1, 0.15) is 6.42 Å². The molecule has 120 valence electrons. The molecule has 21 heavy (non-hydrogen) atoms. The summed E-state index contributed by atoms with van der Waals surface area (Å²) in [5.41, 5.74) is 0.628. The molecular weight excluding hydrogens is 316 g/mol. The van der Waals surface area contributed by atoms with Crippen LogP contribution < -0.4 is 15.4 Å². The maximum Gasteiger partial charge on any atom is 0.225 e. The first kappa shape index (κ1) is 19.7. The van der Waals surface area contributed by atoms with Crippen LogP contribution in [0.3, 0.4) is 0 Å². The zero-order chi connectivity index (χ0) is 15.0. The normalized spacial score (nSPS) is 10.6. The molecule has 0 aliphatic heterocycles. The Bertz CT molecular complexity index is 549.